The molecule has 6 heteroatoms. The maximum Gasteiger partial charge on any atom is 0.310 e. The quantitative estimate of drug-likeness (QED) is 0.716. The monoisotopic (exact) mass is 295 g/mol. The highest BCUT2D eigenvalue weighted by atomic mass is 16.5. The molecule has 0 N–H and O–H groups in total. The third kappa shape index (κ3) is 5.41. The fourth-order valence-corrected chi connectivity index (χ4v) is 1.94. The summed E-state index contributed by atoms with van der Waals surface area (Å²) in [6.07, 6.45) is 3.99. The van der Waals surface area contributed by atoms with Gasteiger partial charge in [-0.3, -0.25) is 19.0 Å². The van der Waals surface area contributed by atoms with E-state index in [-0.39, 0.29) is 30.7 Å². The van der Waals surface area contributed by atoms with Crippen molar-refractivity contribution in [2.24, 2.45) is 0 Å². The van der Waals surface area contributed by atoms with Crippen LogP contribution in [0, 0.1) is 0 Å². The summed E-state index contributed by atoms with van der Waals surface area (Å²) in [6.45, 7) is 5.56. The first-order chi connectivity index (χ1) is 9.97. The molecule has 0 fully saturated rings. The van der Waals surface area contributed by atoms with Gasteiger partial charge in [-0.25, -0.2) is 0 Å². The van der Waals surface area contributed by atoms with E-state index < -0.39 is 0 Å². The Hall–Kier alpha value is -2.11. The van der Waals surface area contributed by atoms with Gasteiger partial charge < -0.3 is 9.47 Å². The summed E-state index contributed by atoms with van der Waals surface area (Å²) in [5.74, 6) is -0.797. The van der Waals surface area contributed by atoms with Crippen LogP contribution in [0.5, 0.6) is 0 Å². The molecule has 21 heavy (non-hydrogen) atoms. The van der Waals surface area contributed by atoms with E-state index in [0.29, 0.717) is 25.2 Å². The fourth-order valence-electron chi connectivity index (χ4n) is 1.94. The molecule has 1 aromatic rings. The van der Waals surface area contributed by atoms with E-state index in [4.69, 9.17) is 9.47 Å². The summed E-state index contributed by atoms with van der Waals surface area (Å²) in [7, 11) is 0. The second-order valence-corrected chi connectivity index (χ2v) is 4.52. The standard InChI is InChI=1S/C15H21NO5/c1-4-20-14(18)7-6-12-9-16(11(3)17)10-13(12)8-15(19)21-5-2/h9-10H,4-8H2,1-3H3. The largest absolute Gasteiger partial charge is 0.466 e. The molecule has 116 valence electrons. The fraction of sp³-hybridized carbons (Fsp3) is 0.533. The van der Waals surface area contributed by atoms with E-state index in [0.717, 1.165) is 5.56 Å². The van der Waals surface area contributed by atoms with Crippen LogP contribution in [0.3, 0.4) is 0 Å². The molecule has 0 aliphatic heterocycles. The summed E-state index contributed by atoms with van der Waals surface area (Å²) in [5.41, 5.74) is 1.49. The van der Waals surface area contributed by atoms with Crippen LogP contribution in [0.15, 0.2) is 12.4 Å². The predicted molar refractivity (Wildman–Crippen MR) is 76.0 cm³/mol. The number of aromatic nitrogens is 1. The molecule has 0 unspecified atom stereocenters. The molecule has 0 amide bonds. The molecular formula is C15H21NO5. The number of carbonyl (C=O) groups excluding carboxylic acids is 3. The first-order valence-electron chi connectivity index (χ1n) is 6.99. The average Bonchev–Trinajstić information content (AvgIpc) is 2.80. The molecule has 0 saturated heterocycles. The molecule has 6 nitrogen and oxygen atoms in total. The van der Waals surface area contributed by atoms with Gasteiger partial charge in [0, 0.05) is 25.7 Å². The summed E-state index contributed by atoms with van der Waals surface area (Å²) < 4.78 is 11.2. The maximum atomic E-state index is 11.6. The van der Waals surface area contributed by atoms with Crippen molar-refractivity contribution in [3.63, 3.8) is 0 Å². The second kappa shape index (κ2) is 8.24. The number of hydrogen-bond acceptors (Lipinski definition) is 5. The van der Waals surface area contributed by atoms with Gasteiger partial charge >= 0.3 is 11.9 Å². The van der Waals surface area contributed by atoms with Crippen molar-refractivity contribution in [2.75, 3.05) is 13.2 Å². The highest BCUT2D eigenvalue weighted by molar-refractivity contribution is 5.78. The van der Waals surface area contributed by atoms with Crippen LogP contribution in [-0.2, 0) is 31.9 Å². The summed E-state index contributed by atoms with van der Waals surface area (Å²) in [6, 6.07) is 0. The number of carbonyl (C=O) groups is 3. The van der Waals surface area contributed by atoms with Gasteiger partial charge in [-0.2, -0.15) is 0 Å². The number of hydrogen-bond donors (Lipinski definition) is 0. The molecule has 1 rings (SSSR count). The van der Waals surface area contributed by atoms with Crippen LogP contribution in [0.25, 0.3) is 0 Å². The minimum absolute atomic E-state index is 0.0896. The first kappa shape index (κ1) is 16.9. The Morgan fingerprint density at radius 2 is 1.57 bits per heavy atom. The van der Waals surface area contributed by atoms with E-state index in [1.54, 1.807) is 26.2 Å². The number of nitrogens with zero attached hydrogens (tertiary/aromatic N) is 1. The van der Waals surface area contributed by atoms with E-state index in [1.807, 2.05) is 0 Å². The SMILES string of the molecule is CCOC(=O)CCc1cn(C(C)=O)cc1CC(=O)OCC. The molecule has 1 aromatic heterocycles. The van der Waals surface area contributed by atoms with E-state index in [2.05, 4.69) is 0 Å². The van der Waals surface area contributed by atoms with Crippen molar-refractivity contribution >= 4 is 17.8 Å². The van der Waals surface area contributed by atoms with Gasteiger partial charge in [-0.05, 0) is 31.4 Å². The van der Waals surface area contributed by atoms with Gasteiger partial charge in [0.05, 0.1) is 19.6 Å². The van der Waals surface area contributed by atoms with Crippen LogP contribution >= 0.6 is 0 Å². The number of ether oxygens (including phenoxy) is 2. The first-order valence-corrected chi connectivity index (χ1v) is 6.99. The molecule has 0 bridgehead atoms. The summed E-state index contributed by atoms with van der Waals surface area (Å²) >= 11 is 0. The van der Waals surface area contributed by atoms with Crippen molar-refractivity contribution in [3.05, 3.63) is 23.5 Å². The zero-order valence-corrected chi connectivity index (χ0v) is 12.7. The molecule has 0 saturated carbocycles. The normalized spacial score (nSPS) is 10.2. The maximum absolute atomic E-state index is 11.6. The Kier molecular flexibility index (Phi) is 6.65. The van der Waals surface area contributed by atoms with Crippen LogP contribution < -0.4 is 0 Å². The van der Waals surface area contributed by atoms with E-state index in [1.165, 1.54) is 11.5 Å². The van der Waals surface area contributed by atoms with Crippen LogP contribution in [0.4, 0.5) is 0 Å². The van der Waals surface area contributed by atoms with Crippen molar-refractivity contribution in [1.29, 1.82) is 0 Å². The lowest BCUT2D eigenvalue weighted by molar-refractivity contribution is -0.143. The molecule has 0 aromatic carbocycles. The Morgan fingerprint density at radius 3 is 2.14 bits per heavy atom. The lowest BCUT2D eigenvalue weighted by atomic mass is 10.1. The van der Waals surface area contributed by atoms with E-state index in [9.17, 15) is 14.4 Å². The van der Waals surface area contributed by atoms with Crippen LogP contribution in [0.2, 0.25) is 0 Å². The molecular weight excluding hydrogens is 274 g/mol. The van der Waals surface area contributed by atoms with Gasteiger partial charge in [-0.15, -0.1) is 0 Å². The number of rotatable bonds is 7. The lowest BCUT2D eigenvalue weighted by Gasteiger charge is -2.04. The van der Waals surface area contributed by atoms with Crippen molar-refractivity contribution < 1.29 is 23.9 Å². The Bertz CT molecular complexity index is 518. The zero-order valence-electron chi connectivity index (χ0n) is 12.7. The van der Waals surface area contributed by atoms with Gasteiger partial charge in [0.1, 0.15) is 0 Å². The number of aryl methyl sites for hydroxylation is 1. The van der Waals surface area contributed by atoms with Crippen LogP contribution in [-0.4, -0.2) is 35.6 Å². The lowest BCUT2D eigenvalue weighted by Crippen LogP contribution is -2.09. The van der Waals surface area contributed by atoms with Gasteiger partial charge in [0.15, 0.2) is 0 Å². The highest BCUT2D eigenvalue weighted by Crippen LogP contribution is 2.15. The third-order valence-electron chi connectivity index (χ3n) is 2.91. The third-order valence-corrected chi connectivity index (χ3v) is 2.91. The Labute approximate surface area is 124 Å². The molecule has 0 atom stereocenters. The molecule has 0 spiro atoms. The van der Waals surface area contributed by atoms with Crippen molar-refractivity contribution in [2.45, 2.75) is 40.0 Å². The predicted octanol–water partition coefficient (Wildman–Crippen LogP) is 1.75. The Balaban J connectivity index is 2.81. The second-order valence-electron chi connectivity index (χ2n) is 4.52. The molecule has 0 aliphatic rings. The van der Waals surface area contributed by atoms with E-state index >= 15 is 0 Å². The smallest absolute Gasteiger partial charge is 0.310 e. The molecule has 0 aliphatic carbocycles. The highest BCUT2D eigenvalue weighted by Gasteiger charge is 2.14. The van der Waals surface area contributed by atoms with Crippen LogP contribution in [0.1, 0.15) is 43.1 Å². The number of esters is 2. The average molecular weight is 295 g/mol. The summed E-state index contributed by atoms with van der Waals surface area (Å²) in [4.78, 5) is 34.4. The molecule has 0 radical (unpaired) electrons. The minimum Gasteiger partial charge on any atom is -0.466 e. The topological polar surface area (TPSA) is 74.6 Å². The van der Waals surface area contributed by atoms with Gasteiger partial charge in [-0.1, -0.05) is 0 Å². The van der Waals surface area contributed by atoms with Gasteiger partial charge in [0.25, 0.3) is 0 Å². The van der Waals surface area contributed by atoms with Gasteiger partial charge in [0.2, 0.25) is 5.91 Å². The molecule has 1 heterocycles. The minimum atomic E-state index is -0.351. The Morgan fingerprint density at radius 1 is 1.00 bits per heavy atom. The summed E-state index contributed by atoms with van der Waals surface area (Å²) in [5, 5.41) is 0. The van der Waals surface area contributed by atoms with Crippen molar-refractivity contribution in [3.8, 4) is 0 Å². The zero-order chi connectivity index (χ0) is 15.8. The van der Waals surface area contributed by atoms with Crippen molar-refractivity contribution in [1.82, 2.24) is 4.57 Å².